The highest BCUT2D eigenvalue weighted by Crippen LogP contribution is 2.44. The number of aromatic nitrogens is 6. The number of amides is 4. The number of nitrogens with one attached hydrogen (secondary N) is 2. The lowest BCUT2D eigenvalue weighted by Crippen LogP contribution is -2.73. The number of anilines is 1. The van der Waals surface area contributed by atoms with Crippen LogP contribution in [0.1, 0.15) is 35.3 Å². The summed E-state index contributed by atoms with van der Waals surface area (Å²) in [6.45, 7) is 1.04. The molecule has 2 fully saturated rings. The number of carbonyl (C=O) groups is 7. The summed E-state index contributed by atoms with van der Waals surface area (Å²) in [7, 11) is 0. The molecule has 3 unspecified atom stereocenters. The fourth-order valence-corrected chi connectivity index (χ4v) is 9.44. The predicted molar refractivity (Wildman–Crippen MR) is 213 cm³/mol. The zero-order valence-electron chi connectivity index (χ0n) is 31.8. The minimum Gasteiger partial charge on any atom is -0.480 e. The van der Waals surface area contributed by atoms with Crippen LogP contribution >= 0.6 is 23.5 Å². The van der Waals surface area contributed by atoms with Gasteiger partial charge >= 0.3 is 11.9 Å². The monoisotopic (exact) mass is 873 g/mol. The van der Waals surface area contributed by atoms with Gasteiger partial charge in [-0.05, 0) is 45.8 Å². The van der Waals surface area contributed by atoms with Crippen LogP contribution in [-0.2, 0) is 35.3 Å². The average Bonchev–Trinajstić information content (AvgIpc) is 3.88. The van der Waals surface area contributed by atoms with Crippen molar-refractivity contribution >= 4 is 70.6 Å². The van der Waals surface area contributed by atoms with E-state index in [0.29, 0.717) is 17.0 Å². The summed E-state index contributed by atoms with van der Waals surface area (Å²) in [4.78, 5) is 114. The van der Waals surface area contributed by atoms with Gasteiger partial charge in [-0.2, -0.15) is 0 Å². The summed E-state index contributed by atoms with van der Waals surface area (Å²) in [5, 5.41) is 43.1. The fourth-order valence-electron chi connectivity index (χ4n) is 7.04. The van der Waals surface area contributed by atoms with Crippen LogP contribution in [0.5, 0.6) is 0 Å². The van der Waals surface area contributed by atoms with Crippen LogP contribution in [0.15, 0.2) is 82.0 Å². The summed E-state index contributed by atoms with van der Waals surface area (Å²) in [6.07, 6.45) is -0.355. The van der Waals surface area contributed by atoms with E-state index in [4.69, 9.17) is 10.8 Å². The van der Waals surface area contributed by atoms with Crippen molar-refractivity contribution < 1.29 is 48.9 Å². The Bertz CT molecular complexity index is 2530. The van der Waals surface area contributed by atoms with Crippen molar-refractivity contribution in [2.75, 3.05) is 23.0 Å². The standard InChI is InChI=1S/C37H35N11O11S2/c1-17(49)46(33(56)26-23(50)11-12-39-26)21-9-7-19(8-10-21)29-40-13-22(30(53)41-29)31(54)47(32(55)25(38)18-5-3-2-4-6-18)28-34(57)48-27(36(58)59)20(15-60-35(28)48)16-61-37-42-43-44-45(37)14-24(51)52/h2-10,13,25-26,28,33,35,39,56H,11-12,14-16,38H2,1H3,(H,51,52)(H,58,59)(H,40,41,53)/t25?,26-,28?,33?,35-/m0/s1. The van der Waals surface area contributed by atoms with E-state index in [1.807, 2.05) is 0 Å². The van der Waals surface area contributed by atoms with E-state index in [9.17, 15) is 48.6 Å². The Kier molecular flexibility index (Phi) is 12.2. The number of carbonyl (C=O) groups excluding carboxylic acids is 5. The molecule has 3 aliphatic heterocycles. The summed E-state index contributed by atoms with van der Waals surface area (Å²) >= 11 is 2.01. The number of aromatic amines is 1. The zero-order chi connectivity index (χ0) is 43.7. The summed E-state index contributed by atoms with van der Waals surface area (Å²) < 4.78 is 1.01. The lowest BCUT2D eigenvalue weighted by atomic mass is 9.98. The molecule has 316 valence electrons. The van der Waals surface area contributed by atoms with Crippen molar-refractivity contribution in [1.82, 2.24) is 45.3 Å². The summed E-state index contributed by atoms with van der Waals surface area (Å²) in [6, 6.07) is 9.81. The third-order valence-corrected chi connectivity index (χ3v) is 12.3. The molecule has 5 atom stereocenters. The number of hydrogen-bond acceptors (Lipinski definition) is 17. The van der Waals surface area contributed by atoms with Gasteiger partial charge in [-0.15, -0.1) is 16.9 Å². The Morgan fingerprint density at radius 1 is 1.05 bits per heavy atom. The van der Waals surface area contributed by atoms with E-state index in [0.717, 1.165) is 44.2 Å². The Balaban J connectivity index is 1.16. The number of ketones is 1. The second kappa shape index (κ2) is 17.6. The molecular weight excluding hydrogens is 839 g/mol. The number of aliphatic hydroxyl groups is 1. The molecule has 5 heterocycles. The van der Waals surface area contributed by atoms with Crippen molar-refractivity contribution in [2.24, 2.45) is 5.73 Å². The largest absolute Gasteiger partial charge is 0.480 e. The Hall–Kier alpha value is -6.60. The molecule has 4 aromatic rings. The number of hydrogen-bond donors (Lipinski definition) is 6. The first-order valence-electron chi connectivity index (χ1n) is 18.3. The minimum atomic E-state index is -1.59. The van der Waals surface area contributed by atoms with E-state index in [-0.39, 0.29) is 51.5 Å². The number of fused-ring (bicyclic) bond motifs is 1. The number of nitrogens with two attached hydrogens (primary N) is 1. The number of aliphatic hydroxyl groups excluding tert-OH is 1. The number of β-lactam (4-membered cyclic amide) rings is 1. The topological polar surface area (TPSA) is 317 Å². The second-order valence-electron chi connectivity index (χ2n) is 13.8. The van der Waals surface area contributed by atoms with Gasteiger partial charge in [0.2, 0.25) is 11.1 Å². The number of H-pyrrole nitrogens is 1. The Morgan fingerprint density at radius 2 is 1.77 bits per heavy atom. The van der Waals surface area contributed by atoms with E-state index in [1.165, 1.54) is 43.3 Å². The lowest BCUT2D eigenvalue weighted by molar-refractivity contribution is -0.157. The first-order chi connectivity index (χ1) is 29.2. The highest BCUT2D eigenvalue weighted by Gasteiger charge is 2.59. The van der Waals surface area contributed by atoms with Crippen molar-refractivity contribution in [3.8, 4) is 11.4 Å². The maximum atomic E-state index is 14.4. The number of benzene rings is 2. The van der Waals surface area contributed by atoms with Crippen molar-refractivity contribution in [1.29, 1.82) is 0 Å². The zero-order valence-corrected chi connectivity index (χ0v) is 33.4. The van der Waals surface area contributed by atoms with Gasteiger partial charge in [0.25, 0.3) is 23.3 Å². The van der Waals surface area contributed by atoms with Crippen molar-refractivity contribution in [3.05, 3.63) is 93.5 Å². The fraction of sp³-hybridized carbons (Fsp3) is 0.297. The lowest BCUT2D eigenvalue weighted by Gasteiger charge is -2.52. The average molecular weight is 874 g/mol. The molecule has 22 nitrogen and oxygen atoms in total. The first-order valence-corrected chi connectivity index (χ1v) is 20.3. The number of aliphatic carboxylic acids is 2. The number of carboxylic acids is 2. The molecule has 0 aliphatic carbocycles. The highest BCUT2D eigenvalue weighted by atomic mass is 32.2. The molecular formula is C37H35N11O11S2. The number of Topliss-reactive ketones (excluding diaryl/α,β-unsaturated/α-hetero) is 1. The molecule has 0 spiro atoms. The van der Waals surface area contributed by atoms with Crippen molar-refractivity contribution in [2.45, 2.75) is 54.8 Å². The SMILES string of the molecule is CC(=O)N(c1ccc(-c2ncc(C(=O)N(C(=O)C(N)c3ccccc3)C3C(=O)N4C(C(=O)O)=C(CSc5nnnn5CC(=O)O)CS[C@@H]34)c(=O)[nH]2)cc1)C(O)[C@H]1NCCC1=O. The molecule has 2 saturated heterocycles. The van der Waals surface area contributed by atoms with Crippen LogP contribution in [-0.4, -0.2) is 138 Å². The van der Waals surface area contributed by atoms with E-state index in [1.54, 1.807) is 18.2 Å². The van der Waals surface area contributed by atoms with Gasteiger partial charge in [0.05, 0.1) is 0 Å². The number of nitrogens with zero attached hydrogens (tertiary/aromatic N) is 8. The number of rotatable bonds is 14. The summed E-state index contributed by atoms with van der Waals surface area (Å²) in [5.41, 5.74) is 5.44. The molecule has 0 radical (unpaired) electrons. The molecule has 7 rings (SSSR count). The minimum absolute atomic E-state index is 0.00932. The molecule has 3 aliphatic rings. The number of thioether (sulfide) groups is 2. The Labute approximate surface area is 352 Å². The van der Waals surface area contributed by atoms with Crippen LogP contribution in [0.25, 0.3) is 11.4 Å². The number of imide groups is 1. The molecule has 61 heavy (non-hydrogen) atoms. The predicted octanol–water partition coefficient (Wildman–Crippen LogP) is -0.806. The van der Waals surface area contributed by atoms with Crippen LogP contribution in [0.2, 0.25) is 0 Å². The van der Waals surface area contributed by atoms with Gasteiger partial charge in [0, 0.05) is 48.8 Å². The maximum Gasteiger partial charge on any atom is 0.352 e. The van der Waals surface area contributed by atoms with Crippen molar-refractivity contribution in [3.63, 3.8) is 0 Å². The molecule has 7 N–H and O–H groups in total. The van der Waals surface area contributed by atoms with Crippen LogP contribution in [0.3, 0.4) is 0 Å². The highest BCUT2D eigenvalue weighted by molar-refractivity contribution is 8.01. The van der Waals surface area contributed by atoms with Gasteiger partial charge in [0.15, 0.2) is 12.0 Å². The maximum absolute atomic E-state index is 14.4. The smallest absolute Gasteiger partial charge is 0.352 e. The second-order valence-corrected chi connectivity index (χ2v) is 15.8. The molecule has 2 aromatic carbocycles. The third kappa shape index (κ3) is 8.30. The summed E-state index contributed by atoms with van der Waals surface area (Å²) in [5.74, 6) is -6.74. The number of carboxylic acid groups (broad SMARTS) is 2. The van der Waals surface area contributed by atoms with Crippen LogP contribution in [0, 0.1) is 0 Å². The van der Waals surface area contributed by atoms with E-state index >= 15 is 0 Å². The van der Waals surface area contributed by atoms with Gasteiger partial charge in [0.1, 0.15) is 47.1 Å². The first kappa shape index (κ1) is 42.5. The molecule has 4 amide bonds. The third-order valence-electron chi connectivity index (χ3n) is 9.97. The van der Waals surface area contributed by atoms with Gasteiger partial charge in [-0.3, -0.25) is 48.3 Å². The molecule has 2 aromatic heterocycles. The van der Waals surface area contributed by atoms with Crippen LogP contribution < -0.4 is 21.5 Å². The molecule has 0 saturated carbocycles. The van der Waals surface area contributed by atoms with E-state index < -0.39 is 88.7 Å². The molecule has 24 heteroatoms. The molecule has 0 bridgehead atoms. The van der Waals surface area contributed by atoms with Crippen LogP contribution in [0.4, 0.5) is 5.69 Å². The van der Waals surface area contributed by atoms with Gasteiger partial charge in [-0.1, -0.05) is 42.1 Å². The Morgan fingerprint density at radius 3 is 2.39 bits per heavy atom. The van der Waals surface area contributed by atoms with Gasteiger partial charge < -0.3 is 31.4 Å². The van der Waals surface area contributed by atoms with Gasteiger partial charge in [-0.25, -0.2) is 14.5 Å². The van der Waals surface area contributed by atoms with E-state index in [2.05, 4.69) is 30.8 Å². The quantitative estimate of drug-likeness (QED) is 0.0513. The number of tetrazole rings is 1. The normalized spacial score (nSPS) is 19.5.